The zero-order valence-electron chi connectivity index (χ0n) is 42.3. The number of imidazole rings is 1. The zero-order chi connectivity index (χ0) is 49.7. The van der Waals surface area contributed by atoms with Gasteiger partial charge in [0, 0.05) is 39.4 Å². The van der Waals surface area contributed by atoms with Crippen LogP contribution in [0.3, 0.4) is 0 Å². The monoisotopic (exact) mass is 923 g/mol. The lowest BCUT2D eigenvalue weighted by Gasteiger charge is -2.19. The number of nitrogens with one attached hydrogen (secondary N) is 3. The van der Waals surface area contributed by atoms with Crippen LogP contribution < -0.4 is 0 Å². The van der Waals surface area contributed by atoms with Crippen LogP contribution >= 0.6 is 0 Å². The topological polar surface area (TPSA) is 129 Å². The summed E-state index contributed by atoms with van der Waals surface area (Å²) in [6, 6.07) is 40.1. The summed E-state index contributed by atoms with van der Waals surface area (Å²) in [4.78, 5) is 40.3. The van der Waals surface area contributed by atoms with E-state index in [4.69, 9.17) is 15.0 Å². The third-order valence-corrected chi connectivity index (χ3v) is 13.8. The third-order valence-electron chi connectivity index (χ3n) is 13.8. The number of fused-ring (bicyclic) bond motifs is 11. The molecular weight excluding hydrogens is 863 g/mol. The molecule has 0 unspecified atom stereocenters. The van der Waals surface area contributed by atoms with Gasteiger partial charge in [-0.25, -0.2) is 15.0 Å². The number of rotatable bonds is 5. The molecule has 0 amide bonds. The lowest BCUT2D eigenvalue weighted by atomic mass is 9.86. The van der Waals surface area contributed by atoms with E-state index in [2.05, 4.69) is 213 Å². The van der Waals surface area contributed by atoms with Crippen molar-refractivity contribution < 1.29 is 4.92 Å². The van der Waals surface area contributed by atoms with Gasteiger partial charge < -0.3 is 15.0 Å². The first-order valence-electron chi connectivity index (χ1n) is 24.2. The van der Waals surface area contributed by atoms with E-state index in [9.17, 15) is 10.1 Å². The van der Waals surface area contributed by atoms with Crippen molar-refractivity contribution in [1.82, 2.24) is 29.9 Å². The fourth-order valence-electron chi connectivity index (χ4n) is 9.72. The molecule has 0 saturated carbocycles. The molecule has 8 aromatic rings. The van der Waals surface area contributed by atoms with E-state index >= 15 is 0 Å². The summed E-state index contributed by atoms with van der Waals surface area (Å²) in [5.41, 5.74) is 17.6. The summed E-state index contributed by atoms with van der Waals surface area (Å²) in [5.74, 6) is 0. The first-order chi connectivity index (χ1) is 33.0. The Morgan fingerprint density at radius 3 is 1.27 bits per heavy atom. The van der Waals surface area contributed by atoms with Gasteiger partial charge in [-0.05, 0) is 90.5 Å². The average Bonchev–Trinajstić information content (AvgIpc) is 4.16. The van der Waals surface area contributed by atoms with E-state index in [-0.39, 0.29) is 32.3 Å². The lowest BCUT2D eigenvalue weighted by molar-refractivity contribution is -0.382. The normalized spacial score (nSPS) is 12.9. The molecule has 4 aromatic heterocycles. The molecule has 0 atom stereocenters. The van der Waals surface area contributed by atoms with Crippen LogP contribution in [0.1, 0.15) is 117 Å². The molecule has 8 bridgehead atoms. The van der Waals surface area contributed by atoms with Crippen molar-refractivity contribution in [2.75, 3.05) is 0 Å². The summed E-state index contributed by atoms with van der Waals surface area (Å²) in [6.07, 6.45) is 5.78. The Morgan fingerprint density at radius 1 is 0.443 bits per heavy atom. The van der Waals surface area contributed by atoms with Crippen LogP contribution in [-0.4, -0.2) is 34.8 Å². The molecule has 4 aromatic carbocycles. The van der Waals surface area contributed by atoms with Crippen LogP contribution in [0.25, 0.3) is 102 Å². The van der Waals surface area contributed by atoms with E-state index in [1.165, 1.54) is 16.7 Å². The van der Waals surface area contributed by atoms with Gasteiger partial charge in [0.05, 0.1) is 39.5 Å². The summed E-state index contributed by atoms with van der Waals surface area (Å²) >= 11 is 0. The standard InChI is InChI=1S/C61H61N7O2/c1-58(2,3)39-21-13-35(14-22-39)49-43-29-30-45(64-43)50(36-15-23-40(24-16-36)59(4,5)6)47-33-48(68(69)70)53(66-47)52(38-19-27-42(28-20-38)61(10,11)12)55-57-56(62-34-63-57)54(67-55)51(46-32-31-44(49)65-46)37-17-25-41(26-18-37)60(7,8)9/h13-34,65-66H,1-12H3,(H,62,63). The second-order valence-electron chi connectivity index (χ2n) is 22.9. The highest BCUT2D eigenvalue weighted by Crippen LogP contribution is 2.47. The van der Waals surface area contributed by atoms with Crippen molar-refractivity contribution in [3.63, 3.8) is 0 Å². The largest absolute Gasteiger partial charge is 0.354 e. The number of nitrogens with zero attached hydrogens (tertiary/aromatic N) is 4. The van der Waals surface area contributed by atoms with Gasteiger partial charge in [0.2, 0.25) is 0 Å². The predicted molar refractivity (Wildman–Crippen MR) is 290 cm³/mol. The Hall–Kier alpha value is -7.65. The summed E-state index contributed by atoms with van der Waals surface area (Å²) in [7, 11) is 0. The van der Waals surface area contributed by atoms with Crippen molar-refractivity contribution in [3.8, 4) is 67.3 Å². The van der Waals surface area contributed by atoms with Crippen LogP contribution in [0, 0.1) is 10.1 Å². The van der Waals surface area contributed by atoms with Gasteiger partial charge in [0.15, 0.2) is 0 Å². The van der Waals surface area contributed by atoms with Crippen LogP contribution in [0.5, 0.6) is 0 Å². The lowest BCUT2D eigenvalue weighted by Crippen LogP contribution is -2.10. The van der Waals surface area contributed by atoms with Gasteiger partial charge in [-0.2, -0.15) is 0 Å². The van der Waals surface area contributed by atoms with Gasteiger partial charge in [-0.1, -0.05) is 180 Å². The molecular formula is C61H61N7O2. The molecule has 0 radical (unpaired) electrons. The van der Waals surface area contributed by atoms with Crippen molar-refractivity contribution in [3.05, 3.63) is 165 Å². The van der Waals surface area contributed by atoms with E-state index in [0.29, 0.717) is 45.1 Å². The predicted octanol–water partition coefficient (Wildman–Crippen LogP) is 16.3. The average molecular weight is 924 g/mol. The second-order valence-corrected chi connectivity index (χ2v) is 22.9. The van der Waals surface area contributed by atoms with Crippen molar-refractivity contribution >= 4 is 39.9 Å². The fraction of sp³-hybridized carbons (Fsp3) is 0.262. The minimum absolute atomic E-state index is 0.0402. The van der Waals surface area contributed by atoms with Crippen molar-refractivity contribution in [2.45, 2.75) is 105 Å². The Labute approximate surface area is 410 Å². The summed E-state index contributed by atoms with van der Waals surface area (Å²) in [6.45, 7) is 26.4. The Morgan fingerprint density at radius 2 is 0.843 bits per heavy atom. The van der Waals surface area contributed by atoms with Crippen LogP contribution in [0.15, 0.2) is 122 Å². The molecule has 6 heterocycles. The molecule has 0 aliphatic carbocycles. The quantitative estimate of drug-likeness (QED) is 0.117. The minimum Gasteiger partial charge on any atom is -0.354 e. The SMILES string of the molecule is CC(C)(C)c1ccc(-c2c3nc(c(-c4ccc(C(C)(C)C)cc4)c4cc([N+](=O)[O-])c([nH]4)c(-c4ccc(C(C)(C)C)cc4)c4nc(c(-c5ccc(C(C)(C)C)cc5)c5ccc2[nH]5)-c2nc[nH]c2-4)C=C3)cc1. The third kappa shape index (κ3) is 8.27. The summed E-state index contributed by atoms with van der Waals surface area (Å²) in [5, 5.41) is 13.6. The molecule has 0 saturated heterocycles. The Bertz CT molecular complexity index is 3560. The van der Waals surface area contributed by atoms with E-state index in [1.54, 1.807) is 12.4 Å². The maximum absolute atomic E-state index is 13.6. The highest BCUT2D eigenvalue weighted by atomic mass is 16.6. The first kappa shape index (κ1) is 46.1. The molecule has 10 rings (SSSR count). The van der Waals surface area contributed by atoms with Crippen molar-refractivity contribution in [2.24, 2.45) is 0 Å². The number of H-pyrrole nitrogens is 3. The maximum Gasteiger partial charge on any atom is 0.295 e. The highest BCUT2D eigenvalue weighted by molar-refractivity contribution is 6.05. The molecule has 2 aliphatic rings. The molecule has 70 heavy (non-hydrogen) atoms. The van der Waals surface area contributed by atoms with E-state index in [1.807, 2.05) is 6.08 Å². The number of aromatic amines is 3. The number of hydrogen-bond donors (Lipinski definition) is 3. The van der Waals surface area contributed by atoms with Crippen LogP contribution in [0.2, 0.25) is 0 Å². The van der Waals surface area contributed by atoms with Crippen molar-refractivity contribution in [1.29, 1.82) is 0 Å². The molecule has 9 nitrogen and oxygen atoms in total. The van der Waals surface area contributed by atoms with Crippen LogP contribution in [-0.2, 0) is 21.7 Å². The number of hydrogen-bond acceptors (Lipinski definition) is 5. The van der Waals surface area contributed by atoms with Gasteiger partial charge in [0.1, 0.15) is 16.9 Å². The molecule has 2 aliphatic heterocycles. The van der Waals surface area contributed by atoms with Gasteiger partial charge in [-0.3, -0.25) is 10.1 Å². The smallest absolute Gasteiger partial charge is 0.295 e. The molecule has 0 fully saturated rings. The van der Waals surface area contributed by atoms with E-state index < -0.39 is 0 Å². The van der Waals surface area contributed by atoms with Gasteiger partial charge in [0.25, 0.3) is 5.69 Å². The number of aromatic nitrogens is 6. The number of benzene rings is 4. The van der Waals surface area contributed by atoms with E-state index in [0.717, 1.165) is 61.2 Å². The molecule has 9 heteroatoms. The number of nitro groups is 1. The fourth-order valence-corrected chi connectivity index (χ4v) is 9.72. The molecule has 0 spiro atoms. The Balaban J connectivity index is 1.42. The maximum atomic E-state index is 13.6. The van der Waals surface area contributed by atoms with Gasteiger partial charge in [-0.15, -0.1) is 0 Å². The Kier molecular flexibility index (Phi) is 10.9. The van der Waals surface area contributed by atoms with Gasteiger partial charge >= 0.3 is 0 Å². The first-order valence-corrected chi connectivity index (χ1v) is 24.2. The highest BCUT2D eigenvalue weighted by Gasteiger charge is 2.31. The van der Waals surface area contributed by atoms with Crippen LogP contribution in [0.4, 0.5) is 5.69 Å². The zero-order valence-corrected chi connectivity index (χ0v) is 42.3. The second kappa shape index (κ2) is 16.5. The summed E-state index contributed by atoms with van der Waals surface area (Å²) < 4.78 is 0. The molecule has 352 valence electrons. The molecule has 3 N–H and O–H groups in total. The minimum atomic E-state index is -0.299.